The Balaban J connectivity index is 2.31. The highest BCUT2D eigenvalue weighted by Gasteiger charge is 2.14. The van der Waals surface area contributed by atoms with E-state index in [4.69, 9.17) is 0 Å². The van der Waals surface area contributed by atoms with Crippen LogP contribution in [0.4, 0.5) is 0 Å². The van der Waals surface area contributed by atoms with Crippen LogP contribution in [0.15, 0.2) is 5.51 Å². The fraction of sp³-hybridized carbons (Fsp3) is 0.769. The molecule has 0 saturated carbocycles. The molecule has 1 heterocycles. The average molecular weight is 271 g/mol. The Kier molecular flexibility index (Phi) is 5.72. The zero-order valence-corrected chi connectivity index (χ0v) is 12.8. The van der Waals surface area contributed by atoms with Gasteiger partial charge in [-0.05, 0) is 34.7 Å². The van der Waals surface area contributed by atoms with Crippen molar-refractivity contribution in [1.82, 2.24) is 15.2 Å². The molecule has 1 unspecified atom stereocenters. The Bertz CT molecular complexity index is 359. The normalized spacial score (nSPS) is 14.2. The summed E-state index contributed by atoms with van der Waals surface area (Å²) in [6.45, 7) is 10.5. The number of β-amino-alcohol motifs (C(OH)–C–C–N with tert-alkyl or cyclic N) is 1. The van der Waals surface area contributed by atoms with Gasteiger partial charge in [0.25, 0.3) is 0 Å². The van der Waals surface area contributed by atoms with E-state index in [1.807, 2.05) is 19.5 Å². The van der Waals surface area contributed by atoms with E-state index in [9.17, 15) is 5.11 Å². The molecule has 0 aliphatic rings. The molecule has 1 aromatic rings. The summed E-state index contributed by atoms with van der Waals surface area (Å²) in [6.07, 6.45) is -0.345. The van der Waals surface area contributed by atoms with Crippen LogP contribution < -0.4 is 5.32 Å². The quantitative estimate of drug-likeness (QED) is 0.826. The van der Waals surface area contributed by atoms with Crippen LogP contribution in [0.25, 0.3) is 0 Å². The smallest absolute Gasteiger partial charge is 0.0798 e. The van der Waals surface area contributed by atoms with Crippen LogP contribution in [0.2, 0.25) is 0 Å². The van der Waals surface area contributed by atoms with Gasteiger partial charge in [0.1, 0.15) is 0 Å². The lowest BCUT2D eigenvalue weighted by Crippen LogP contribution is -2.44. The van der Waals surface area contributed by atoms with Crippen LogP contribution in [-0.2, 0) is 6.54 Å². The molecule has 18 heavy (non-hydrogen) atoms. The zero-order valence-electron chi connectivity index (χ0n) is 12.0. The first-order valence-corrected chi connectivity index (χ1v) is 7.16. The van der Waals surface area contributed by atoms with Crippen LogP contribution in [0.3, 0.4) is 0 Å². The number of aliphatic hydroxyl groups excluding tert-OH is 1. The molecule has 0 aliphatic heterocycles. The Morgan fingerprint density at radius 1 is 1.50 bits per heavy atom. The molecule has 0 amide bonds. The first-order chi connectivity index (χ1) is 8.28. The average Bonchev–Trinajstić information content (AvgIpc) is 2.60. The van der Waals surface area contributed by atoms with Gasteiger partial charge >= 0.3 is 0 Å². The minimum absolute atomic E-state index is 0.0494. The van der Waals surface area contributed by atoms with Crippen molar-refractivity contribution in [3.63, 3.8) is 0 Å². The third-order valence-electron chi connectivity index (χ3n) is 2.65. The Labute approximate surface area is 114 Å². The van der Waals surface area contributed by atoms with E-state index < -0.39 is 0 Å². The summed E-state index contributed by atoms with van der Waals surface area (Å²) in [4.78, 5) is 7.64. The predicted molar refractivity (Wildman–Crippen MR) is 76.9 cm³/mol. The van der Waals surface area contributed by atoms with E-state index in [1.165, 1.54) is 4.88 Å². The molecule has 0 bridgehead atoms. The number of hydrogen-bond donors (Lipinski definition) is 2. The summed E-state index contributed by atoms with van der Waals surface area (Å²) in [5, 5.41) is 13.3. The SMILES string of the molecule is Cc1ncsc1CN(C)CC(O)CNC(C)(C)C. The Morgan fingerprint density at radius 2 is 2.17 bits per heavy atom. The fourth-order valence-electron chi connectivity index (χ4n) is 1.64. The van der Waals surface area contributed by atoms with Gasteiger partial charge in [-0.2, -0.15) is 0 Å². The summed E-state index contributed by atoms with van der Waals surface area (Å²) < 4.78 is 0. The van der Waals surface area contributed by atoms with Gasteiger partial charge in [-0.15, -0.1) is 11.3 Å². The van der Waals surface area contributed by atoms with Crippen molar-refractivity contribution in [2.75, 3.05) is 20.1 Å². The second kappa shape index (κ2) is 6.61. The number of likely N-dealkylation sites (N-methyl/N-ethyl adjacent to an activating group) is 1. The minimum Gasteiger partial charge on any atom is -0.390 e. The molecule has 1 rings (SSSR count). The maximum absolute atomic E-state index is 9.96. The molecule has 0 aliphatic carbocycles. The van der Waals surface area contributed by atoms with E-state index in [0.717, 1.165) is 12.2 Å². The molecular weight excluding hydrogens is 246 g/mol. The number of thiazole rings is 1. The molecule has 4 nitrogen and oxygen atoms in total. The van der Waals surface area contributed by atoms with Gasteiger partial charge in [0.15, 0.2) is 0 Å². The molecule has 2 N–H and O–H groups in total. The second-order valence-corrected chi connectivity index (χ2v) is 6.78. The number of aromatic nitrogens is 1. The summed E-state index contributed by atoms with van der Waals surface area (Å²) in [7, 11) is 2.03. The number of aryl methyl sites for hydroxylation is 1. The van der Waals surface area contributed by atoms with Gasteiger partial charge in [0.2, 0.25) is 0 Å². The highest BCUT2D eigenvalue weighted by Crippen LogP contribution is 2.14. The summed E-state index contributed by atoms with van der Waals surface area (Å²) in [5.74, 6) is 0. The van der Waals surface area contributed by atoms with Crippen LogP contribution in [0.5, 0.6) is 0 Å². The van der Waals surface area contributed by atoms with Crippen LogP contribution >= 0.6 is 11.3 Å². The lowest BCUT2D eigenvalue weighted by molar-refractivity contribution is 0.115. The monoisotopic (exact) mass is 271 g/mol. The number of hydrogen-bond acceptors (Lipinski definition) is 5. The number of nitrogens with zero attached hydrogens (tertiary/aromatic N) is 2. The molecule has 1 atom stereocenters. The third kappa shape index (κ3) is 5.91. The summed E-state index contributed by atoms with van der Waals surface area (Å²) in [5.41, 5.74) is 3.01. The molecule has 5 heteroatoms. The van der Waals surface area contributed by atoms with Crippen molar-refractivity contribution in [3.05, 3.63) is 16.1 Å². The van der Waals surface area contributed by atoms with E-state index in [2.05, 4.69) is 36.0 Å². The zero-order chi connectivity index (χ0) is 13.8. The molecule has 0 aromatic carbocycles. The number of rotatable bonds is 6. The molecule has 0 saturated heterocycles. The highest BCUT2D eigenvalue weighted by molar-refractivity contribution is 7.09. The van der Waals surface area contributed by atoms with Crippen molar-refractivity contribution in [3.8, 4) is 0 Å². The Morgan fingerprint density at radius 3 is 2.67 bits per heavy atom. The van der Waals surface area contributed by atoms with Gasteiger partial charge in [0.05, 0.1) is 17.3 Å². The molecule has 104 valence electrons. The molecule has 1 aromatic heterocycles. The number of aliphatic hydroxyl groups is 1. The molecule has 0 spiro atoms. The van der Waals surface area contributed by atoms with Gasteiger partial charge in [-0.3, -0.25) is 4.90 Å². The van der Waals surface area contributed by atoms with Crippen molar-refractivity contribution >= 4 is 11.3 Å². The van der Waals surface area contributed by atoms with Crippen LogP contribution in [0, 0.1) is 6.92 Å². The summed E-state index contributed by atoms with van der Waals surface area (Å²) >= 11 is 1.67. The first kappa shape index (κ1) is 15.6. The minimum atomic E-state index is -0.345. The van der Waals surface area contributed by atoms with E-state index >= 15 is 0 Å². The lowest BCUT2D eigenvalue weighted by Gasteiger charge is -2.25. The summed E-state index contributed by atoms with van der Waals surface area (Å²) in [6, 6.07) is 0. The first-order valence-electron chi connectivity index (χ1n) is 6.28. The number of nitrogens with one attached hydrogen (secondary N) is 1. The van der Waals surface area contributed by atoms with E-state index in [-0.39, 0.29) is 11.6 Å². The van der Waals surface area contributed by atoms with Crippen LogP contribution in [0.1, 0.15) is 31.3 Å². The molecule has 0 fully saturated rings. The lowest BCUT2D eigenvalue weighted by atomic mass is 10.1. The van der Waals surface area contributed by atoms with E-state index in [1.54, 1.807) is 11.3 Å². The van der Waals surface area contributed by atoms with E-state index in [0.29, 0.717) is 13.1 Å². The predicted octanol–water partition coefficient (Wildman–Crippen LogP) is 1.63. The van der Waals surface area contributed by atoms with Crippen molar-refractivity contribution < 1.29 is 5.11 Å². The largest absolute Gasteiger partial charge is 0.390 e. The standard InChI is InChI=1S/C13H25N3OS/c1-10-12(18-9-14-10)8-16(5)7-11(17)6-15-13(2,3)4/h9,11,15,17H,6-8H2,1-5H3. The van der Waals surface area contributed by atoms with Gasteiger partial charge in [-0.25, -0.2) is 4.98 Å². The fourth-order valence-corrected chi connectivity index (χ4v) is 2.49. The third-order valence-corrected chi connectivity index (χ3v) is 3.57. The second-order valence-electron chi connectivity index (χ2n) is 5.84. The molecule has 0 radical (unpaired) electrons. The topological polar surface area (TPSA) is 48.4 Å². The maximum atomic E-state index is 9.96. The van der Waals surface area contributed by atoms with Crippen molar-refractivity contribution in [2.45, 2.75) is 45.9 Å². The van der Waals surface area contributed by atoms with Gasteiger partial charge < -0.3 is 10.4 Å². The van der Waals surface area contributed by atoms with Gasteiger partial charge in [-0.1, -0.05) is 0 Å². The Hall–Kier alpha value is -0.490. The van der Waals surface area contributed by atoms with Gasteiger partial charge in [0, 0.05) is 30.1 Å². The highest BCUT2D eigenvalue weighted by atomic mass is 32.1. The van der Waals surface area contributed by atoms with Crippen molar-refractivity contribution in [2.24, 2.45) is 0 Å². The van der Waals surface area contributed by atoms with Crippen LogP contribution in [-0.4, -0.2) is 46.8 Å². The molecular formula is C13H25N3OS. The van der Waals surface area contributed by atoms with Crippen molar-refractivity contribution in [1.29, 1.82) is 0 Å². The maximum Gasteiger partial charge on any atom is 0.0798 e.